The van der Waals surface area contributed by atoms with Gasteiger partial charge >= 0.3 is 0 Å². The SMILES string of the molecule is CC(=O)NCCNC(=O)[C@H](c1ccc(Cl)cc1)C(C)C. The number of hydrogen-bond acceptors (Lipinski definition) is 2. The van der Waals surface area contributed by atoms with Crippen LogP contribution in [0.3, 0.4) is 0 Å². The third kappa shape index (κ3) is 5.21. The van der Waals surface area contributed by atoms with E-state index in [2.05, 4.69) is 10.6 Å². The average Bonchev–Trinajstić information content (AvgIpc) is 2.36. The van der Waals surface area contributed by atoms with Crippen molar-refractivity contribution in [2.24, 2.45) is 5.92 Å². The second kappa shape index (κ2) is 7.90. The Morgan fingerprint density at radius 1 is 1.10 bits per heavy atom. The van der Waals surface area contributed by atoms with Gasteiger partial charge in [-0.25, -0.2) is 0 Å². The molecule has 2 N–H and O–H groups in total. The summed E-state index contributed by atoms with van der Waals surface area (Å²) in [4.78, 5) is 23.0. The summed E-state index contributed by atoms with van der Waals surface area (Å²) in [6, 6.07) is 7.33. The molecule has 1 atom stereocenters. The van der Waals surface area contributed by atoms with Gasteiger partial charge in [0, 0.05) is 25.0 Å². The molecule has 0 saturated heterocycles. The van der Waals surface area contributed by atoms with Crippen molar-refractivity contribution in [3.63, 3.8) is 0 Å². The van der Waals surface area contributed by atoms with Crippen LogP contribution >= 0.6 is 11.6 Å². The predicted molar refractivity (Wildman–Crippen MR) is 80.7 cm³/mol. The van der Waals surface area contributed by atoms with E-state index < -0.39 is 0 Å². The van der Waals surface area contributed by atoms with Gasteiger partial charge in [0.1, 0.15) is 0 Å². The largest absolute Gasteiger partial charge is 0.355 e. The molecule has 4 nitrogen and oxygen atoms in total. The molecule has 0 unspecified atom stereocenters. The highest BCUT2D eigenvalue weighted by Gasteiger charge is 2.23. The first kappa shape index (κ1) is 16.5. The molecular formula is C15H21ClN2O2. The Kier molecular flexibility index (Phi) is 6.52. The number of rotatable bonds is 6. The lowest BCUT2D eigenvalue weighted by molar-refractivity contribution is -0.124. The van der Waals surface area contributed by atoms with Crippen molar-refractivity contribution in [3.8, 4) is 0 Å². The molecule has 20 heavy (non-hydrogen) atoms. The molecule has 2 amide bonds. The van der Waals surface area contributed by atoms with E-state index in [-0.39, 0.29) is 23.7 Å². The van der Waals surface area contributed by atoms with E-state index in [1.165, 1.54) is 6.92 Å². The molecule has 110 valence electrons. The molecule has 0 radical (unpaired) electrons. The van der Waals surface area contributed by atoms with E-state index in [1.807, 2.05) is 26.0 Å². The van der Waals surface area contributed by atoms with E-state index in [1.54, 1.807) is 12.1 Å². The van der Waals surface area contributed by atoms with Crippen LogP contribution in [0.25, 0.3) is 0 Å². The first-order valence-corrected chi connectivity index (χ1v) is 7.07. The van der Waals surface area contributed by atoms with Crippen molar-refractivity contribution in [1.29, 1.82) is 0 Å². The first-order valence-electron chi connectivity index (χ1n) is 6.69. The van der Waals surface area contributed by atoms with Gasteiger partial charge in [-0.1, -0.05) is 37.6 Å². The molecule has 0 fully saturated rings. The molecule has 0 aliphatic heterocycles. The van der Waals surface area contributed by atoms with E-state index in [0.717, 1.165) is 5.56 Å². The number of carbonyl (C=O) groups is 2. The molecule has 1 aromatic rings. The van der Waals surface area contributed by atoms with Crippen LogP contribution in [0.1, 0.15) is 32.3 Å². The monoisotopic (exact) mass is 296 g/mol. The summed E-state index contributed by atoms with van der Waals surface area (Å²) in [5, 5.41) is 6.15. The van der Waals surface area contributed by atoms with Crippen molar-refractivity contribution in [1.82, 2.24) is 10.6 Å². The van der Waals surface area contributed by atoms with Crippen LogP contribution in [0.5, 0.6) is 0 Å². The zero-order chi connectivity index (χ0) is 15.1. The van der Waals surface area contributed by atoms with Gasteiger partial charge in [0.2, 0.25) is 11.8 Å². The van der Waals surface area contributed by atoms with Gasteiger partial charge in [0.25, 0.3) is 0 Å². The lowest BCUT2D eigenvalue weighted by atomic mass is 9.87. The molecule has 5 heteroatoms. The van der Waals surface area contributed by atoms with Gasteiger partial charge in [0.05, 0.1) is 5.92 Å². The molecule has 0 aliphatic rings. The van der Waals surface area contributed by atoms with Gasteiger partial charge in [-0.2, -0.15) is 0 Å². The van der Waals surface area contributed by atoms with Crippen LogP contribution in [0, 0.1) is 5.92 Å². The number of nitrogens with one attached hydrogen (secondary N) is 2. The Bertz CT molecular complexity index is 457. The molecule has 1 aromatic carbocycles. The van der Waals surface area contributed by atoms with Crippen LogP contribution in [0.2, 0.25) is 5.02 Å². The Morgan fingerprint density at radius 3 is 2.15 bits per heavy atom. The van der Waals surface area contributed by atoms with Crippen molar-refractivity contribution in [3.05, 3.63) is 34.9 Å². The Hall–Kier alpha value is -1.55. The number of hydrogen-bond donors (Lipinski definition) is 2. The van der Waals surface area contributed by atoms with Crippen molar-refractivity contribution < 1.29 is 9.59 Å². The van der Waals surface area contributed by atoms with Crippen LogP contribution in [0.4, 0.5) is 0 Å². The molecule has 0 heterocycles. The van der Waals surface area contributed by atoms with Gasteiger partial charge in [-0.3, -0.25) is 9.59 Å². The Labute approximate surface area is 124 Å². The number of halogens is 1. The second-order valence-corrected chi connectivity index (χ2v) is 5.48. The smallest absolute Gasteiger partial charge is 0.227 e. The highest BCUT2D eigenvalue weighted by molar-refractivity contribution is 6.30. The summed E-state index contributed by atoms with van der Waals surface area (Å²) in [5.41, 5.74) is 0.946. The predicted octanol–water partition coefficient (Wildman–Crippen LogP) is 2.33. The van der Waals surface area contributed by atoms with E-state index in [0.29, 0.717) is 18.1 Å². The molecule has 1 rings (SSSR count). The van der Waals surface area contributed by atoms with Crippen LogP contribution in [-0.2, 0) is 9.59 Å². The van der Waals surface area contributed by atoms with E-state index in [4.69, 9.17) is 11.6 Å². The molecule has 0 saturated carbocycles. The van der Waals surface area contributed by atoms with Gasteiger partial charge in [-0.05, 0) is 23.6 Å². The second-order valence-electron chi connectivity index (χ2n) is 5.05. The van der Waals surface area contributed by atoms with Crippen molar-refractivity contribution in [2.45, 2.75) is 26.7 Å². The molecule has 0 spiro atoms. The third-order valence-electron chi connectivity index (χ3n) is 2.98. The molecule has 0 aromatic heterocycles. The molecular weight excluding hydrogens is 276 g/mol. The summed E-state index contributed by atoms with van der Waals surface area (Å²) >= 11 is 5.87. The quantitative estimate of drug-likeness (QED) is 0.792. The normalized spacial score (nSPS) is 12.1. The maximum Gasteiger partial charge on any atom is 0.227 e. The van der Waals surface area contributed by atoms with E-state index in [9.17, 15) is 9.59 Å². The Balaban J connectivity index is 2.64. The maximum absolute atomic E-state index is 12.3. The van der Waals surface area contributed by atoms with Crippen LogP contribution in [-0.4, -0.2) is 24.9 Å². The maximum atomic E-state index is 12.3. The van der Waals surface area contributed by atoms with Gasteiger partial charge < -0.3 is 10.6 Å². The van der Waals surface area contributed by atoms with Gasteiger partial charge in [0.15, 0.2) is 0 Å². The zero-order valence-electron chi connectivity index (χ0n) is 12.1. The van der Waals surface area contributed by atoms with Crippen LogP contribution < -0.4 is 10.6 Å². The molecule has 0 bridgehead atoms. The first-order chi connectivity index (χ1) is 9.41. The third-order valence-corrected chi connectivity index (χ3v) is 3.23. The number of benzene rings is 1. The lowest BCUT2D eigenvalue weighted by Crippen LogP contribution is -2.37. The minimum absolute atomic E-state index is 0.0346. The topological polar surface area (TPSA) is 58.2 Å². The Morgan fingerprint density at radius 2 is 1.65 bits per heavy atom. The summed E-state index contributed by atoms with van der Waals surface area (Å²) < 4.78 is 0. The van der Waals surface area contributed by atoms with Gasteiger partial charge in [-0.15, -0.1) is 0 Å². The minimum atomic E-state index is -0.218. The summed E-state index contributed by atoms with van der Waals surface area (Å²) in [5.74, 6) is -0.174. The minimum Gasteiger partial charge on any atom is -0.355 e. The fraction of sp³-hybridized carbons (Fsp3) is 0.467. The summed E-state index contributed by atoms with van der Waals surface area (Å²) in [6.07, 6.45) is 0. The summed E-state index contributed by atoms with van der Waals surface area (Å²) in [7, 11) is 0. The van der Waals surface area contributed by atoms with Crippen molar-refractivity contribution in [2.75, 3.05) is 13.1 Å². The summed E-state index contributed by atoms with van der Waals surface area (Å²) in [6.45, 7) is 6.33. The van der Waals surface area contributed by atoms with Crippen molar-refractivity contribution >= 4 is 23.4 Å². The fourth-order valence-corrected chi connectivity index (χ4v) is 2.17. The fourth-order valence-electron chi connectivity index (χ4n) is 2.04. The number of carbonyl (C=O) groups excluding carboxylic acids is 2. The number of amides is 2. The highest BCUT2D eigenvalue weighted by Crippen LogP contribution is 2.25. The standard InChI is InChI=1S/C15H21ClN2O2/c1-10(2)14(12-4-6-13(16)7-5-12)15(20)18-9-8-17-11(3)19/h4-7,10,14H,8-9H2,1-3H3,(H,17,19)(H,18,20)/t14-/m0/s1. The lowest BCUT2D eigenvalue weighted by Gasteiger charge is -2.21. The highest BCUT2D eigenvalue weighted by atomic mass is 35.5. The molecule has 0 aliphatic carbocycles. The zero-order valence-corrected chi connectivity index (χ0v) is 12.8. The average molecular weight is 297 g/mol. The van der Waals surface area contributed by atoms with Crippen LogP contribution in [0.15, 0.2) is 24.3 Å². The van der Waals surface area contributed by atoms with E-state index >= 15 is 0 Å².